The number of nitrogens with one attached hydrogen (secondary N) is 1. The standard InChI is InChI=1S/C20H25FN2O4/c1-27-14-3-4-17-15(9-14)20(16(21)11-23-17)18(24)5-2-12-6-7-22-10-13(12)8-19(25)26/h3-4,9,11-13,18,22,24H,2,5-8,10H2,1H3,(H,25,26)/t12-,13+,18+/m1/s1. The summed E-state index contributed by atoms with van der Waals surface area (Å²) in [6.07, 6.45) is 2.13. The van der Waals surface area contributed by atoms with Gasteiger partial charge in [-0.3, -0.25) is 9.78 Å². The van der Waals surface area contributed by atoms with E-state index in [4.69, 9.17) is 9.84 Å². The number of methoxy groups -OCH3 is 1. The van der Waals surface area contributed by atoms with E-state index in [0.29, 0.717) is 36.0 Å². The maximum absolute atomic E-state index is 14.5. The molecule has 2 heterocycles. The maximum Gasteiger partial charge on any atom is 0.303 e. The van der Waals surface area contributed by atoms with Crippen LogP contribution in [-0.4, -0.2) is 41.4 Å². The summed E-state index contributed by atoms with van der Waals surface area (Å²) in [5, 5.41) is 23.6. The Morgan fingerprint density at radius 2 is 2.26 bits per heavy atom. The zero-order chi connectivity index (χ0) is 19.4. The van der Waals surface area contributed by atoms with Gasteiger partial charge in [-0.25, -0.2) is 4.39 Å². The quantitative estimate of drug-likeness (QED) is 0.688. The second-order valence-electron chi connectivity index (χ2n) is 7.11. The molecule has 2 aromatic rings. The van der Waals surface area contributed by atoms with Crippen molar-refractivity contribution in [1.82, 2.24) is 10.3 Å². The molecule has 1 aliphatic rings. The molecule has 0 spiro atoms. The van der Waals surface area contributed by atoms with Crippen molar-refractivity contribution in [3.8, 4) is 5.75 Å². The first-order chi connectivity index (χ1) is 13.0. The van der Waals surface area contributed by atoms with Gasteiger partial charge < -0.3 is 20.3 Å². The molecule has 0 radical (unpaired) electrons. The number of piperidine rings is 1. The first-order valence-corrected chi connectivity index (χ1v) is 9.22. The zero-order valence-corrected chi connectivity index (χ0v) is 15.3. The van der Waals surface area contributed by atoms with Crippen molar-refractivity contribution < 1.29 is 24.1 Å². The number of aliphatic hydroxyl groups is 1. The number of aromatic nitrogens is 1. The molecule has 146 valence electrons. The number of rotatable bonds is 7. The number of benzene rings is 1. The second kappa shape index (κ2) is 8.63. The van der Waals surface area contributed by atoms with Gasteiger partial charge in [0.1, 0.15) is 11.6 Å². The molecule has 1 aromatic carbocycles. The first-order valence-electron chi connectivity index (χ1n) is 9.22. The molecule has 1 aromatic heterocycles. The highest BCUT2D eigenvalue weighted by Gasteiger charge is 2.28. The van der Waals surface area contributed by atoms with Crippen molar-refractivity contribution >= 4 is 16.9 Å². The van der Waals surface area contributed by atoms with Gasteiger partial charge in [0, 0.05) is 17.4 Å². The number of hydrogen-bond donors (Lipinski definition) is 3. The van der Waals surface area contributed by atoms with Crippen LogP contribution in [0.3, 0.4) is 0 Å². The van der Waals surface area contributed by atoms with Crippen LogP contribution in [0.4, 0.5) is 4.39 Å². The molecule has 1 fully saturated rings. The van der Waals surface area contributed by atoms with Gasteiger partial charge in [0.25, 0.3) is 0 Å². The van der Waals surface area contributed by atoms with Crippen LogP contribution >= 0.6 is 0 Å². The Kier molecular flexibility index (Phi) is 6.23. The van der Waals surface area contributed by atoms with Crippen molar-refractivity contribution in [3.05, 3.63) is 35.8 Å². The monoisotopic (exact) mass is 376 g/mol. The molecule has 0 amide bonds. The predicted octanol–water partition coefficient (Wildman–Crippen LogP) is 2.90. The van der Waals surface area contributed by atoms with E-state index in [2.05, 4.69) is 10.3 Å². The maximum atomic E-state index is 14.5. The van der Waals surface area contributed by atoms with E-state index < -0.39 is 17.9 Å². The van der Waals surface area contributed by atoms with Crippen LogP contribution in [0, 0.1) is 17.7 Å². The largest absolute Gasteiger partial charge is 0.497 e. The summed E-state index contributed by atoms with van der Waals surface area (Å²) >= 11 is 0. The van der Waals surface area contributed by atoms with Crippen LogP contribution in [0.5, 0.6) is 5.75 Å². The van der Waals surface area contributed by atoms with Gasteiger partial charge in [-0.1, -0.05) is 0 Å². The number of aliphatic carboxylic acids is 1. The fourth-order valence-corrected chi connectivity index (χ4v) is 3.97. The lowest BCUT2D eigenvalue weighted by molar-refractivity contribution is -0.138. The van der Waals surface area contributed by atoms with E-state index in [-0.39, 0.29) is 23.8 Å². The number of carboxylic acid groups (broad SMARTS) is 1. The Balaban J connectivity index is 1.78. The fraction of sp³-hybridized carbons (Fsp3) is 0.500. The molecule has 0 bridgehead atoms. The van der Waals surface area contributed by atoms with Gasteiger partial charge in [0.2, 0.25) is 0 Å². The minimum Gasteiger partial charge on any atom is -0.497 e. The van der Waals surface area contributed by atoms with E-state index in [1.54, 1.807) is 18.2 Å². The van der Waals surface area contributed by atoms with Crippen LogP contribution in [-0.2, 0) is 4.79 Å². The normalized spacial score (nSPS) is 21.1. The molecular formula is C20H25FN2O4. The molecule has 6 nitrogen and oxygen atoms in total. The molecule has 0 unspecified atom stereocenters. The Hall–Kier alpha value is -2.25. The number of aliphatic hydroxyl groups excluding tert-OH is 1. The van der Waals surface area contributed by atoms with E-state index >= 15 is 0 Å². The Morgan fingerprint density at radius 1 is 1.44 bits per heavy atom. The number of nitrogens with zero attached hydrogens (tertiary/aromatic N) is 1. The van der Waals surface area contributed by atoms with Gasteiger partial charge >= 0.3 is 5.97 Å². The van der Waals surface area contributed by atoms with Gasteiger partial charge in [-0.2, -0.15) is 0 Å². The zero-order valence-electron chi connectivity index (χ0n) is 15.3. The summed E-state index contributed by atoms with van der Waals surface area (Å²) in [7, 11) is 1.53. The second-order valence-corrected chi connectivity index (χ2v) is 7.11. The van der Waals surface area contributed by atoms with Crippen LogP contribution in [0.2, 0.25) is 0 Å². The minimum absolute atomic E-state index is 0.0302. The van der Waals surface area contributed by atoms with E-state index in [1.807, 2.05) is 0 Å². The van der Waals surface area contributed by atoms with Gasteiger partial charge in [-0.15, -0.1) is 0 Å². The summed E-state index contributed by atoms with van der Waals surface area (Å²) in [4.78, 5) is 15.2. The molecule has 3 rings (SSSR count). The minimum atomic E-state index is -0.983. The molecule has 3 N–H and O–H groups in total. The lowest BCUT2D eigenvalue weighted by Gasteiger charge is -2.32. The number of pyridine rings is 1. The molecule has 3 atom stereocenters. The van der Waals surface area contributed by atoms with E-state index in [1.165, 1.54) is 7.11 Å². The number of hydrogen-bond acceptors (Lipinski definition) is 5. The summed E-state index contributed by atoms with van der Waals surface area (Å²) in [5.74, 6) is -0.559. The molecule has 1 saturated heterocycles. The summed E-state index contributed by atoms with van der Waals surface area (Å²) in [6.45, 7) is 1.50. The molecular weight excluding hydrogens is 351 g/mol. The highest BCUT2D eigenvalue weighted by molar-refractivity contribution is 5.84. The van der Waals surface area contributed by atoms with Crippen molar-refractivity contribution in [3.63, 3.8) is 0 Å². The third kappa shape index (κ3) is 4.54. The average molecular weight is 376 g/mol. The molecule has 7 heteroatoms. The fourth-order valence-electron chi connectivity index (χ4n) is 3.97. The third-order valence-corrected chi connectivity index (χ3v) is 5.41. The summed E-state index contributed by atoms with van der Waals surface area (Å²) in [5.41, 5.74) is 0.819. The molecule has 0 aliphatic carbocycles. The van der Waals surface area contributed by atoms with Gasteiger partial charge in [-0.05, 0) is 62.4 Å². The van der Waals surface area contributed by atoms with Crippen molar-refractivity contribution in [2.24, 2.45) is 11.8 Å². The lowest BCUT2D eigenvalue weighted by Crippen LogP contribution is -2.37. The van der Waals surface area contributed by atoms with Crippen molar-refractivity contribution in [2.75, 3.05) is 20.2 Å². The number of carboxylic acids is 1. The van der Waals surface area contributed by atoms with Gasteiger partial charge in [0.15, 0.2) is 0 Å². The number of carbonyl (C=O) groups is 1. The summed E-state index contributed by atoms with van der Waals surface area (Å²) in [6, 6.07) is 5.16. The Bertz CT molecular complexity index is 814. The molecule has 27 heavy (non-hydrogen) atoms. The van der Waals surface area contributed by atoms with Crippen LogP contribution < -0.4 is 10.1 Å². The first kappa shape index (κ1) is 19.5. The topological polar surface area (TPSA) is 91.7 Å². The number of fused-ring (bicyclic) bond motifs is 1. The molecule has 1 aliphatic heterocycles. The predicted molar refractivity (Wildman–Crippen MR) is 99.2 cm³/mol. The molecule has 0 saturated carbocycles. The Morgan fingerprint density at radius 3 is 3.00 bits per heavy atom. The third-order valence-electron chi connectivity index (χ3n) is 5.41. The SMILES string of the molecule is COc1ccc2ncc(F)c([C@@H](O)CC[C@@H]3CCNC[C@@H]3CC(=O)O)c2c1. The van der Waals surface area contributed by atoms with Gasteiger partial charge in [0.05, 0.1) is 24.9 Å². The van der Waals surface area contributed by atoms with E-state index in [0.717, 1.165) is 19.2 Å². The van der Waals surface area contributed by atoms with Crippen molar-refractivity contribution in [1.29, 1.82) is 0 Å². The average Bonchev–Trinajstić information content (AvgIpc) is 2.66. The van der Waals surface area contributed by atoms with E-state index in [9.17, 15) is 14.3 Å². The van der Waals surface area contributed by atoms with Crippen LogP contribution in [0.1, 0.15) is 37.4 Å². The highest BCUT2D eigenvalue weighted by Crippen LogP contribution is 2.34. The Labute approximate surface area is 157 Å². The highest BCUT2D eigenvalue weighted by atomic mass is 19.1. The number of ether oxygens (including phenoxy) is 1. The smallest absolute Gasteiger partial charge is 0.303 e. The lowest BCUT2D eigenvalue weighted by atomic mass is 9.80. The van der Waals surface area contributed by atoms with Crippen LogP contribution in [0.15, 0.2) is 24.4 Å². The van der Waals surface area contributed by atoms with Crippen molar-refractivity contribution in [2.45, 2.75) is 31.8 Å². The summed E-state index contributed by atoms with van der Waals surface area (Å²) < 4.78 is 19.7. The number of halogens is 1. The van der Waals surface area contributed by atoms with Crippen LogP contribution in [0.25, 0.3) is 10.9 Å².